The first-order valence-electron chi connectivity index (χ1n) is 22.9. The van der Waals surface area contributed by atoms with Gasteiger partial charge in [0.25, 0.3) is 0 Å². The predicted octanol–water partition coefficient (Wildman–Crippen LogP) is 14.8. The van der Waals surface area contributed by atoms with Crippen LogP contribution in [0.1, 0.15) is 81.6 Å². The molecular weight excluding hydrogens is 687 g/mol. The molecule has 1 spiro atoms. The predicted molar refractivity (Wildman–Crippen MR) is 239 cm³/mol. The summed E-state index contributed by atoms with van der Waals surface area (Å²) in [6.07, 6.45) is 0. The maximum Gasteiger partial charge on any atom is 0.0726 e. The van der Waals surface area contributed by atoms with E-state index in [1.807, 2.05) is 24.3 Å². The van der Waals surface area contributed by atoms with Crippen LogP contribution in [0.5, 0.6) is 0 Å². The Hall–Kier alpha value is -6.44. The van der Waals surface area contributed by atoms with Gasteiger partial charge in [-0.05, 0) is 125 Å². The summed E-state index contributed by atoms with van der Waals surface area (Å²) in [7, 11) is 0. The highest BCUT2D eigenvalue weighted by molar-refractivity contribution is 5.96. The first-order chi connectivity index (χ1) is 30.2. The van der Waals surface area contributed by atoms with Crippen molar-refractivity contribution in [3.63, 3.8) is 0 Å². The van der Waals surface area contributed by atoms with Crippen LogP contribution in [-0.2, 0) is 16.2 Å². The molecule has 0 aliphatic heterocycles. The molecule has 0 atom stereocenters. The molecule has 1 heteroatoms. The quantitative estimate of drug-likeness (QED) is 0.174. The summed E-state index contributed by atoms with van der Waals surface area (Å²) in [6, 6.07) is 64.1. The van der Waals surface area contributed by atoms with Gasteiger partial charge >= 0.3 is 0 Å². The minimum Gasteiger partial charge on any atom is -0.310 e. The number of anilines is 3. The Balaban J connectivity index is 1.13. The second-order valence-electron chi connectivity index (χ2n) is 16.6. The highest BCUT2D eigenvalue weighted by atomic mass is 15.1. The lowest BCUT2D eigenvalue weighted by atomic mass is 9.70. The number of fused-ring (bicyclic) bond motifs is 13. The highest BCUT2D eigenvalue weighted by Gasteiger charge is 2.51. The average Bonchev–Trinajstić information content (AvgIpc) is 3.84. The van der Waals surface area contributed by atoms with Crippen molar-refractivity contribution in [1.82, 2.24) is 0 Å². The number of hydrogen-bond acceptors (Lipinski definition) is 1. The van der Waals surface area contributed by atoms with Crippen molar-refractivity contribution in [3.05, 3.63) is 221 Å². The molecule has 0 aromatic heterocycles. The molecule has 0 heterocycles. The molecule has 8 aromatic carbocycles. The van der Waals surface area contributed by atoms with Crippen LogP contribution in [0.2, 0.25) is 0 Å². The third-order valence-electron chi connectivity index (χ3n) is 13.0. The molecule has 1 nitrogen and oxygen atoms in total. The fourth-order valence-corrected chi connectivity index (χ4v) is 10.5. The molecule has 3 aliphatic rings. The standard InChI is InChI=1S/C56H45N/c1-54(2,3)47-21-11-6-16-40(47)36-26-28-37(29-27-36)57(38-31-33-49-46(34-38)44-20-7-12-22-48(44)55(49,4)5)39-30-32-45-43-19-10-15-25-52(43)56(53(45)35-39)50-23-13-8-17-41(50)42-18-9-14-24-51(42)56/h6-35H,1-5H3/i1D3,2D3. The molecule has 0 amide bonds. The van der Waals surface area contributed by atoms with Gasteiger partial charge in [-0.2, -0.15) is 0 Å². The van der Waals surface area contributed by atoms with Gasteiger partial charge in [0, 0.05) is 30.7 Å². The fraction of sp³-hybridized carbons (Fsp3) is 0.143. The molecule has 8 aromatic rings. The molecule has 0 unspecified atom stereocenters. The Kier molecular flexibility index (Phi) is 5.92. The minimum atomic E-state index is -2.78. The van der Waals surface area contributed by atoms with Crippen molar-refractivity contribution in [3.8, 4) is 44.5 Å². The van der Waals surface area contributed by atoms with Crippen molar-refractivity contribution < 1.29 is 8.22 Å². The van der Waals surface area contributed by atoms with E-state index in [0.29, 0.717) is 5.56 Å². The summed E-state index contributed by atoms with van der Waals surface area (Å²) in [5.41, 5.74) is 16.8. The maximum atomic E-state index is 8.44. The Morgan fingerprint density at radius 2 is 0.842 bits per heavy atom. The van der Waals surface area contributed by atoms with Crippen molar-refractivity contribution in [1.29, 1.82) is 0 Å². The second kappa shape index (κ2) is 12.0. The van der Waals surface area contributed by atoms with Gasteiger partial charge in [-0.15, -0.1) is 0 Å². The van der Waals surface area contributed by atoms with E-state index in [1.165, 1.54) is 73.7 Å². The smallest absolute Gasteiger partial charge is 0.0726 e. The Labute approximate surface area is 345 Å². The molecule has 11 rings (SSSR count). The van der Waals surface area contributed by atoms with Gasteiger partial charge < -0.3 is 4.90 Å². The van der Waals surface area contributed by atoms with Crippen LogP contribution < -0.4 is 4.90 Å². The van der Waals surface area contributed by atoms with Crippen LogP contribution in [0.25, 0.3) is 44.5 Å². The fourth-order valence-electron chi connectivity index (χ4n) is 10.5. The number of hydrogen-bond donors (Lipinski definition) is 0. The Bertz CT molecular complexity index is 3080. The van der Waals surface area contributed by atoms with Gasteiger partial charge in [0.1, 0.15) is 0 Å². The van der Waals surface area contributed by atoms with Gasteiger partial charge in [-0.25, -0.2) is 0 Å². The third kappa shape index (κ3) is 4.69. The lowest BCUT2D eigenvalue weighted by Crippen LogP contribution is -2.26. The van der Waals surface area contributed by atoms with E-state index in [2.05, 4.69) is 164 Å². The van der Waals surface area contributed by atoms with Crippen molar-refractivity contribution in [2.75, 3.05) is 4.90 Å². The zero-order chi connectivity index (χ0) is 43.7. The van der Waals surface area contributed by atoms with Crippen LogP contribution in [-0.4, -0.2) is 0 Å². The second-order valence-corrected chi connectivity index (χ2v) is 16.6. The van der Waals surface area contributed by atoms with Crippen molar-refractivity contribution in [2.45, 2.75) is 50.7 Å². The van der Waals surface area contributed by atoms with E-state index < -0.39 is 24.5 Å². The van der Waals surface area contributed by atoms with Crippen molar-refractivity contribution in [2.24, 2.45) is 0 Å². The summed E-state index contributed by atoms with van der Waals surface area (Å²) >= 11 is 0. The zero-order valence-electron chi connectivity index (χ0n) is 38.3. The Morgan fingerprint density at radius 1 is 0.404 bits per heavy atom. The molecule has 274 valence electrons. The van der Waals surface area contributed by atoms with Crippen LogP contribution in [0.3, 0.4) is 0 Å². The van der Waals surface area contributed by atoms with Gasteiger partial charge in [0.2, 0.25) is 0 Å². The summed E-state index contributed by atoms with van der Waals surface area (Å²) < 4.78 is 50.7. The van der Waals surface area contributed by atoms with Gasteiger partial charge in [0.05, 0.1) is 5.41 Å². The zero-order valence-corrected chi connectivity index (χ0v) is 32.3. The van der Waals surface area contributed by atoms with Crippen LogP contribution in [0.15, 0.2) is 182 Å². The lowest BCUT2D eigenvalue weighted by molar-refractivity contribution is 0.592. The van der Waals surface area contributed by atoms with Crippen LogP contribution in [0.4, 0.5) is 17.1 Å². The van der Waals surface area contributed by atoms with Gasteiger partial charge in [0.15, 0.2) is 0 Å². The maximum absolute atomic E-state index is 8.44. The molecule has 0 saturated carbocycles. The van der Waals surface area contributed by atoms with Crippen molar-refractivity contribution >= 4 is 17.1 Å². The lowest BCUT2D eigenvalue weighted by Gasteiger charge is -2.32. The average molecular weight is 738 g/mol. The summed E-state index contributed by atoms with van der Waals surface area (Å²) in [5.74, 6) is 0. The minimum absolute atomic E-state index is 0.155. The molecule has 57 heavy (non-hydrogen) atoms. The largest absolute Gasteiger partial charge is 0.310 e. The highest BCUT2D eigenvalue weighted by Crippen LogP contribution is 2.63. The molecule has 0 N–H and O–H groups in total. The molecule has 0 bridgehead atoms. The van der Waals surface area contributed by atoms with E-state index in [4.69, 9.17) is 8.22 Å². The van der Waals surface area contributed by atoms with Crippen LogP contribution in [0, 0.1) is 0 Å². The van der Waals surface area contributed by atoms with Gasteiger partial charge in [-0.1, -0.05) is 180 Å². The van der Waals surface area contributed by atoms with E-state index in [9.17, 15) is 0 Å². The molecule has 0 saturated heterocycles. The first kappa shape index (κ1) is 28.0. The molecule has 0 radical (unpaired) electrons. The molecule has 3 aliphatic carbocycles. The normalized spacial score (nSPS) is 16.7. The third-order valence-corrected chi connectivity index (χ3v) is 13.0. The first-order valence-corrected chi connectivity index (χ1v) is 19.9. The molecular formula is C56H45N. The van der Waals surface area contributed by atoms with Gasteiger partial charge in [-0.3, -0.25) is 0 Å². The number of benzene rings is 8. The van der Waals surface area contributed by atoms with E-state index in [-0.39, 0.29) is 11.0 Å². The Morgan fingerprint density at radius 3 is 1.44 bits per heavy atom. The topological polar surface area (TPSA) is 3.24 Å². The van der Waals surface area contributed by atoms with Crippen LogP contribution >= 0.6 is 0 Å². The number of nitrogens with zero attached hydrogens (tertiary/aromatic N) is 1. The monoisotopic (exact) mass is 737 g/mol. The summed E-state index contributed by atoms with van der Waals surface area (Å²) in [4.78, 5) is 2.32. The number of rotatable bonds is 4. The van der Waals surface area contributed by atoms with E-state index in [0.717, 1.165) is 22.6 Å². The summed E-state index contributed by atoms with van der Waals surface area (Å²) in [6.45, 7) is 0.372. The molecule has 0 fully saturated rings. The summed E-state index contributed by atoms with van der Waals surface area (Å²) in [5, 5.41) is 0. The van der Waals surface area contributed by atoms with E-state index >= 15 is 0 Å². The SMILES string of the molecule is [2H]C([2H])([2H])C(C)(c1ccccc1-c1ccc(N(c2ccc3c(c2)-c2ccccc2C3(C)C)c2ccc3c(c2)C2(c4ccccc4-c4ccccc42)c2ccccc2-3)cc1)C([2H])([2H])[2H]. The van der Waals surface area contributed by atoms with E-state index in [1.54, 1.807) is 12.1 Å².